The zero-order chi connectivity index (χ0) is 17.8. The minimum absolute atomic E-state index is 0.132. The molecule has 0 aromatic carbocycles. The van der Waals surface area contributed by atoms with Crippen LogP contribution < -0.4 is 0 Å². The van der Waals surface area contributed by atoms with Crippen LogP contribution in [0, 0.1) is 6.92 Å². The first kappa shape index (κ1) is 18.1. The smallest absolute Gasteiger partial charge is 0.265 e. The van der Waals surface area contributed by atoms with Crippen LogP contribution in [0.15, 0.2) is 17.9 Å². The van der Waals surface area contributed by atoms with Crippen LogP contribution in [0.3, 0.4) is 0 Å². The van der Waals surface area contributed by atoms with Gasteiger partial charge in [-0.3, -0.25) is 4.79 Å². The summed E-state index contributed by atoms with van der Waals surface area (Å²) in [6.07, 6.45) is 7.08. The number of amides is 1. The first-order valence-electron chi connectivity index (χ1n) is 8.91. The molecule has 7 heteroatoms. The van der Waals surface area contributed by atoms with Gasteiger partial charge in [0, 0.05) is 37.9 Å². The molecule has 2 aromatic heterocycles. The summed E-state index contributed by atoms with van der Waals surface area (Å²) in [6, 6.07) is 0. The molecule has 0 aliphatic carbocycles. The van der Waals surface area contributed by atoms with Crippen molar-refractivity contribution in [2.45, 2.75) is 38.6 Å². The van der Waals surface area contributed by atoms with Crippen LogP contribution in [0.5, 0.6) is 0 Å². The van der Waals surface area contributed by atoms with Gasteiger partial charge in [0.25, 0.3) is 5.91 Å². The number of nitrogens with zero attached hydrogens (tertiary/aromatic N) is 5. The van der Waals surface area contributed by atoms with Gasteiger partial charge in [0.2, 0.25) is 0 Å². The van der Waals surface area contributed by atoms with Crippen LogP contribution in [0.2, 0.25) is 0 Å². The van der Waals surface area contributed by atoms with Gasteiger partial charge in [-0.25, -0.2) is 9.97 Å². The van der Waals surface area contributed by atoms with E-state index in [1.165, 1.54) is 17.2 Å². The molecule has 0 atom stereocenters. The quantitative estimate of drug-likeness (QED) is 0.794. The molecule has 1 amide bonds. The topological polar surface area (TPSA) is 54.3 Å². The monoisotopic (exact) mass is 361 g/mol. The van der Waals surface area contributed by atoms with E-state index in [1.807, 2.05) is 18.0 Å². The van der Waals surface area contributed by atoms with Crippen LogP contribution in [0.25, 0.3) is 0 Å². The molecule has 0 N–H and O–H groups in total. The van der Waals surface area contributed by atoms with E-state index in [0.29, 0.717) is 5.92 Å². The largest absolute Gasteiger partial charge is 0.338 e. The zero-order valence-electron chi connectivity index (χ0n) is 15.3. The van der Waals surface area contributed by atoms with Crippen molar-refractivity contribution in [3.63, 3.8) is 0 Å². The van der Waals surface area contributed by atoms with E-state index >= 15 is 0 Å². The minimum atomic E-state index is 0.132. The number of hydrogen-bond acceptors (Lipinski definition) is 5. The Hall–Kier alpha value is -1.73. The predicted molar refractivity (Wildman–Crippen MR) is 100 cm³/mol. The number of imidazole rings is 1. The molecule has 1 aliphatic rings. The first-order valence-corrected chi connectivity index (χ1v) is 9.79. The number of carbonyl (C=O) groups is 1. The number of likely N-dealkylation sites (tertiary alicyclic amines) is 1. The highest BCUT2D eigenvalue weighted by Gasteiger charge is 2.28. The summed E-state index contributed by atoms with van der Waals surface area (Å²) in [7, 11) is 4.21. The molecule has 1 aliphatic heterocycles. The average Bonchev–Trinajstić information content (AvgIpc) is 3.23. The summed E-state index contributed by atoms with van der Waals surface area (Å²) in [4.78, 5) is 26.4. The van der Waals surface area contributed by atoms with Crippen molar-refractivity contribution in [3.8, 4) is 0 Å². The highest BCUT2D eigenvalue weighted by atomic mass is 32.1. The van der Waals surface area contributed by atoms with Crippen molar-refractivity contribution in [2.24, 2.45) is 0 Å². The van der Waals surface area contributed by atoms with Gasteiger partial charge in [-0.1, -0.05) is 0 Å². The molecule has 1 saturated heterocycles. The van der Waals surface area contributed by atoms with Gasteiger partial charge in [0.1, 0.15) is 10.7 Å². The summed E-state index contributed by atoms with van der Waals surface area (Å²) in [5, 5.41) is 0. The number of rotatable bonds is 6. The van der Waals surface area contributed by atoms with Gasteiger partial charge in [-0.15, -0.1) is 11.3 Å². The SMILES string of the molecule is Cc1ncsc1C(=O)N1CCC(c2nccn2CCCN(C)C)CC1. The normalized spacial score (nSPS) is 15.9. The Morgan fingerprint density at radius 2 is 2.08 bits per heavy atom. The number of hydrogen-bond donors (Lipinski definition) is 0. The molecule has 6 nitrogen and oxygen atoms in total. The van der Waals surface area contributed by atoms with E-state index < -0.39 is 0 Å². The van der Waals surface area contributed by atoms with E-state index in [9.17, 15) is 4.79 Å². The molecule has 0 radical (unpaired) electrons. The van der Waals surface area contributed by atoms with Crippen molar-refractivity contribution in [1.82, 2.24) is 24.3 Å². The second-order valence-electron chi connectivity index (χ2n) is 6.97. The highest BCUT2D eigenvalue weighted by molar-refractivity contribution is 7.11. The summed E-state index contributed by atoms with van der Waals surface area (Å²) >= 11 is 1.44. The summed E-state index contributed by atoms with van der Waals surface area (Å²) < 4.78 is 2.29. The number of piperidine rings is 1. The molecular formula is C18H27N5OS. The fourth-order valence-electron chi connectivity index (χ4n) is 3.42. The molecule has 0 bridgehead atoms. The van der Waals surface area contributed by atoms with Crippen molar-refractivity contribution in [3.05, 3.63) is 34.3 Å². The van der Waals surface area contributed by atoms with E-state index in [-0.39, 0.29) is 5.91 Å². The molecule has 136 valence electrons. The number of thiazole rings is 1. The lowest BCUT2D eigenvalue weighted by molar-refractivity contribution is 0.0714. The van der Waals surface area contributed by atoms with Crippen molar-refractivity contribution in [1.29, 1.82) is 0 Å². The highest BCUT2D eigenvalue weighted by Crippen LogP contribution is 2.28. The fourth-order valence-corrected chi connectivity index (χ4v) is 4.19. The first-order chi connectivity index (χ1) is 12.1. The standard InChI is InChI=1S/C18H27N5OS/c1-14-16(25-13-20-14)18(24)23-10-5-15(6-11-23)17-19-7-12-22(17)9-4-8-21(2)3/h7,12-13,15H,4-6,8-11H2,1-3H3. The Balaban J connectivity index is 1.57. The summed E-state index contributed by atoms with van der Waals surface area (Å²) in [5.74, 6) is 1.76. The number of aryl methyl sites for hydroxylation is 2. The molecular weight excluding hydrogens is 334 g/mol. The van der Waals surface area contributed by atoms with Gasteiger partial charge < -0.3 is 14.4 Å². The molecule has 0 unspecified atom stereocenters. The van der Waals surface area contributed by atoms with Crippen molar-refractivity contribution < 1.29 is 4.79 Å². The Kier molecular flexibility index (Phi) is 5.86. The molecule has 3 heterocycles. The molecule has 3 rings (SSSR count). The van der Waals surface area contributed by atoms with Gasteiger partial charge in [-0.2, -0.15) is 0 Å². The van der Waals surface area contributed by atoms with Crippen LogP contribution in [0.1, 0.15) is 46.4 Å². The maximum Gasteiger partial charge on any atom is 0.265 e. The Bertz CT molecular complexity index is 700. The molecule has 0 spiro atoms. The van der Waals surface area contributed by atoms with E-state index in [2.05, 4.69) is 39.7 Å². The van der Waals surface area contributed by atoms with Crippen LogP contribution in [-0.4, -0.2) is 64.0 Å². The van der Waals surface area contributed by atoms with Crippen molar-refractivity contribution >= 4 is 17.2 Å². The zero-order valence-corrected chi connectivity index (χ0v) is 16.1. The Morgan fingerprint density at radius 1 is 1.32 bits per heavy atom. The van der Waals surface area contributed by atoms with Gasteiger partial charge in [0.15, 0.2) is 0 Å². The third-order valence-electron chi connectivity index (χ3n) is 4.84. The predicted octanol–water partition coefficient (Wildman–Crippen LogP) is 2.62. The Morgan fingerprint density at radius 3 is 2.72 bits per heavy atom. The third kappa shape index (κ3) is 4.27. The minimum Gasteiger partial charge on any atom is -0.338 e. The van der Waals surface area contributed by atoms with Crippen LogP contribution >= 0.6 is 11.3 Å². The molecule has 0 saturated carbocycles. The van der Waals surface area contributed by atoms with Gasteiger partial charge in [-0.05, 0) is 46.8 Å². The third-order valence-corrected chi connectivity index (χ3v) is 5.76. The van der Waals surface area contributed by atoms with E-state index in [1.54, 1.807) is 5.51 Å². The van der Waals surface area contributed by atoms with Gasteiger partial charge >= 0.3 is 0 Å². The maximum atomic E-state index is 12.6. The lowest BCUT2D eigenvalue weighted by Crippen LogP contribution is -2.38. The van der Waals surface area contributed by atoms with Crippen LogP contribution in [0.4, 0.5) is 0 Å². The van der Waals surface area contributed by atoms with E-state index in [0.717, 1.165) is 56.0 Å². The molecule has 1 fully saturated rings. The van der Waals surface area contributed by atoms with E-state index in [4.69, 9.17) is 0 Å². The lowest BCUT2D eigenvalue weighted by Gasteiger charge is -2.31. The number of aromatic nitrogens is 3. The fraction of sp³-hybridized carbons (Fsp3) is 0.611. The second kappa shape index (κ2) is 8.10. The van der Waals surface area contributed by atoms with Crippen molar-refractivity contribution in [2.75, 3.05) is 33.7 Å². The average molecular weight is 362 g/mol. The van der Waals surface area contributed by atoms with Crippen LogP contribution in [-0.2, 0) is 6.54 Å². The summed E-state index contributed by atoms with van der Waals surface area (Å²) in [6.45, 7) is 5.59. The van der Waals surface area contributed by atoms with Gasteiger partial charge in [0.05, 0.1) is 11.2 Å². The lowest BCUT2D eigenvalue weighted by atomic mass is 9.95. The second-order valence-corrected chi connectivity index (χ2v) is 7.82. The molecule has 25 heavy (non-hydrogen) atoms. The Labute approximate surface area is 153 Å². The maximum absolute atomic E-state index is 12.6. The molecule has 2 aromatic rings. The summed E-state index contributed by atoms with van der Waals surface area (Å²) in [5.41, 5.74) is 2.59. The number of carbonyl (C=O) groups excluding carboxylic acids is 1.